The zero-order valence-corrected chi connectivity index (χ0v) is 17.2. The molecule has 2 atom stereocenters. The molecule has 27 heavy (non-hydrogen) atoms. The van der Waals surface area contributed by atoms with E-state index in [9.17, 15) is 14.7 Å². The van der Waals surface area contributed by atoms with Gasteiger partial charge in [-0.05, 0) is 43.7 Å². The first-order valence-electron chi connectivity index (χ1n) is 10.6. The number of carboxylic acids is 1. The van der Waals surface area contributed by atoms with E-state index in [1.807, 2.05) is 0 Å². The molecule has 0 saturated heterocycles. The maximum atomic E-state index is 12.8. The molecule has 0 aliphatic carbocycles. The molecule has 0 aliphatic rings. The largest absolute Gasteiger partial charge is 0.478 e. The van der Waals surface area contributed by atoms with E-state index >= 15 is 0 Å². The van der Waals surface area contributed by atoms with Crippen molar-refractivity contribution in [2.45, 2.75) is 91.1 Å². The van der Waals surface area contributed by atoms with Gasteiger partial charge in [0.2, 0.25) is 0 Å². The molecule has 4 heteroatoms. The lowest BCUT2D eigenvalue weighted by Crippen LogP contribution is -2.28. The van der Waals surface area contributed by atoms with Crippen LogP contribution in [0, 0.1) is 5.92 Å². The molecule has 152 valence electrons. The molecule has 4 nitrogen and oxygen atoms in total. The summed E-state index contributed by atoms with van der Waals surface area (Å²) in [5.41, 5.74) is 0.155. The molecular formula is C23H36O4. The van der Waals surface area contributed by atoms with Gasteiger partial charge in [0.25, 0.3) is 0 Å². The van der Waals surface area contributed by atoms with Crippen molar-refractivity contribution in [2.75, 3.05) is 0 Å². The third kappa shape index (κ3) is 8.15. The number of esters is 1. The summed E-state index contributed by atoms with van der Waals surface area (Å²) in [5, 5.41) is 9.35. The molecule has 0 saturated carbocycles. The van der Waals surface area contributed by atoms with Crippen molar-refractivity contribution in [2.24, 2.45) is 5.92 Å². The SMILES string of the molecule is CCCCCC(CCC)C(CCCCC)OC(=O)c1ccccc1C(=O)O. The Morgan fingerprint density at radius 3 is 2.00 bits per heavy atom. The standard InChI is InChI=1S/C23H36O4/c1-4-7-9-14-18(13-6-3)21(17-10-8-5-2)27-23(26)20-16-12-11-15-19(20)22(24)25/h11-12,15-16,18,21H,4-10,13-14,17H2,1-3H3,(H,24,25). The van der Waals surface area contributed by atoms with Crippen LogP contribution < -0.4 is 0 Å². The van der Waals surface area contributed by atoms with Crippen LogP contribution in [-0.4, -0.2) is 23.1 Å². The Hall–Kier alpha value is -1.84. The van der Waals surface area contributed by atoms with Gasteiger partial charge in [0.15, 0.2) is 0 Å². The van der Waals surface area contributed by atoms with Gasteiger partial charge >= 0.3 is 11.9 Å². The first-order chi connectivity index (χ1) is 13.0. The Morgan fingerprint density at radius 1 is 0.852 bits per heavy atom. The molecule has 1 aromatic rings. The van der Waals surface area contributed by atoms with Crippen molar-refractivity contribution in [3.8, 4) is 0 Å². The highest BCUT2D eigenvalue weighted by molar-refractivity contribution is 6.02. The maximum Gasteiger partial charge on any atom is 0.339 e. The number of benzene rings is 1. The number of hydrogen-bond donors (Lipinski definition) is 1. The van der Waals surface area contributed by atoms with Gasteiger partial charge in [0.05, 0.1) is 11.1 Å². The lowest BCUT2D eigenvalue weighted by atomic mass is 9.88. The van der Waals surface area contributed by atoms with Crippen molar-refractivity contribution in [1.29, 1.82) is 0 Å². The van der Waals surface area contributed by atoms with E-state index in [2.05, 4.69) is 20.8 Å². The summed E-state index contributed by atoms with van der Waals surface area (Å²) in [6, 6.07) is 6.31. The van der Waals surface area contributed by atoms with Gasteiger partial charge in [-0.25, -0.2) is 9.59 Å². The number of carbonyl (C=O) groups is 2. The molecule has 0 fully saturated rings. The second-order valence-electron chi connectivity index (χ2n) is 7.33. The van der Waals surface area contributed by atoms with Crippen LogP contribution in [0.1, 0.15) is 106 Å². The first kappa shape index (κ1) is 23.2. The molecule has 0 heterocycles. The Kier molecular flexibility index (Phi) is 11.5. The van der Waals surface area contributed by atoms with E-state index in [-0.39, 0.29) is 17.2 Å². The summed E-state index contributed by atoms with van der Waals surface area (Å²) in [7, 11) is 0. The predicted molar refractivity (Wildman–Crippen MR) is 109 cm³/mol. The molecule has 1 N–H and O–H groups in total. The third-order valence-electron chi connectivity index (χ3n) is 5.09. The Balaban J connectivity index is 2.94. The van der Waals surface area contributed by atoms with Gasteiger partial charge in [-0.15, -0.1) is 0 Å². The number of aromatic carboxylic acids is 1. The second kappa shape index (κ2) is 13.3. The van der Waals surface area contributed by atoms with E-state index in [1.165, 1.54) is 18.9 Å². The van der Waals surface area contributed by atoms with Crippen molar-refractivity contribution >= 4 is 11.9 Å². The molecule has 1 aromatic carbocycles. The van der Waals surface area contributed by atoms with Crippen LogP contribution in [-0.2, 0) is 4.74 Å². The lowest BCUT2D eigenvalue weighted by Gasteiger charge is -2.27. The molecule has 2 unspecified atom stereocenters. The summed E-state index contributed by atoms with van der Waals surface area (Å²) in [6.07, 6.45) is 10.7. The summed E-state index contributed by atoms with van der Waals surface area (Å²) >= 11 is 0. The third-order valence-corrected chi connectivity index (χ3v) is 5.09. The summed E-state index contributed by atoms with van der Waals surface area (Å²) < 4.78 is 5.92. The molecular weight excluding hydrogens is 340 g/mol. The number of rotatable bonds is 14. The van der Waals surface area contributed by atoms with Crippen LogP contribution in [0.2, 0.25) is 0 Å². The quantitative estimate of drug-likeness (QED) is 0.298. The van der Waals surface area contributed by atoms with E-state index < -0.39 is 11.9 Å². The van der Waals surface area contributed by atoms with Gasteiger partial charge in [-0.3, -0.25) is 0 Å². The van der Waals surface area contributed by atoms with E-state index in [1.54, 1.807) is 18.2 Å². The zero-order chi connectivity index (χ0) is 20.1. The summed E-state index contributed by atoms with van der Waals surface area (Å²) in [4.78, 5) is 24.2. The van der Waals surface area contributed by atoms with Crippen LogP contribution in [0.25, 0.3) is 0 Å². The summed E-state index contributed by atoms with van der Waals surface area (Å²) in [5.74, 6) is -1.26. The van der Waals surface area contributed by atoms with E-state index in [0.29, 0.717) is 5.92 Å². The van der Waals surface area contributed by atoms with Crippen molar-refractivity contribution < 1.29 is 19.4 Å². The molecule has 0 aliphatic heterocycles. The monoisotopic (exact) mass is 376 g/mol. The zero-order valence-electron chi connectivity index (χ0n) is 17.2. The lowest BCUT2D eigenvalue weighted by molar-refractivity contribution is 0.00649. The number of carbonyl (C=O) groups excluding carboxylic acids is 1. The van der Waals surface area contributed by atoms with Gasteiger partial charge in [-0.1, -0.05) is 71.4 Å². The van der Waals surface area contributed by atoms with Gasteiger partial charge in [0.1, 0.15) is 6.10 Å². The fourth-order valence-corrected chi connectivity index (χ4v) is 3.58. The predicted octanol–water partition coefficient (Wildman–Crippen LogP) is 6.49. The van der Waals surface area contributed by atoms with Crippen LogP contribution in [0.4, 0.5) is 0 Å². The normalized spacial score (nSPS) is 13.1. The molecule has 0 amide bonds. The fraction of sp³-hybridized carbons (Fsp3) is 0.652. The van der Waals surface area contributed by atoms with Crippen LogP contribution in [0.5, 0.6) is 0 Å². The van der Waals surface area contributed by atoms with Crippen molar-refractivity contribution in [1.82, 2.24) is 0 Å². The van der Waals surface area contributed by atoms with E-state index in [0.717, 1.165) is 51.4 Å². The minimum atomic E-state index is -1.10. The number of carboxylic acid groups (broad SMARTS) is 1. The molecule has 0 aromatic heterocycles. The average molecular weight is 377 g/mol. The maximum absolute atomic E-state index is 12.8. The molecule has 1 rings (SSSR count). The fourth-order valence-electron chi connectivity index (χ4n) is 3.58. The highest BCUT2D eigenvalue weighted by atomic mass is 16.5. The average Bonchev–Trinajstić information content (AvgIpc) is 2.66. The highest BCUT2D eigenvalue weighted by Crippen LogP contribution is 2.27. The number of ether oxygens (including phenoxy) is 1. The van der Waals surface area contributed by atoms with Crippen molar-refractivity contribution in [3.63, 3.8) is 0 Å². The Morgan fingerprint density at radius 2 is 1.44 bits per heavy atom. The first-order valence-corrected chi connectivity index (χ1v) is 10.6. The van der Waals surface area contributed by atoms with Crippen molar-refractivity contribution in [3.05, 3.63) is 35.4 Å². The molecule has 0 radical (unpaired) electrons. The summed E-state index contributed by atoms with van der Waals surface area (Å²) in [6.45, 7) is 6.52. The highest BCUT2D eigenvalue weighted by Gasteiger charge is 2.26. The van der Waals surface area contributed by atoms with Crippen LogP contribution >= 0.6 is 0 Å². The van der Waals surface area contributed by atoms with Crippen LogP contribution in [0.3, 0.4) is 0 Å². The Bertz CT molecular complexity index is 567. The molecule has 0 spiro atoms. The number of unbranched alkanes of at least 4 members (excludes halogenated alkanes) is 4. The smallest absolute Gasteiger partial charge is 0.339 e. The van der Waals surface area contributed by atoms with Gasteiger partial charge < -0.3 is 9.84 Å². The van der Waals surface area contributed by atoms with Gasteiger partial charge in [0, 0.05) is 0 Å². The number of hydrogen-bond acceptors (Lipinski definition) is 3. The topological polar surface area (TPSA) is 63.6 Å². The van der Waals surface area contributed by atoms with E-state index in [4.69, 9.17) is 4.74 Å². The minimum absolute atomic E-state index is 0.00725. The molecule has 0 bridgehead atoms. The minimum Gasteiger partial charge on any atom is -0.478 e. The Labute approximate surface area is 164 Å². The van der Waals surface area contributed by atoms with Gasteiger partial charge in [-0.2, -0.15) is 0 Å². The second-order valence-corrected chi connectivity index (χ2v) is 7.33. The van der Waals surface area contributed by atoms with Crippen LogP contribution in [0.15, 0.2) is 24.3 Å².